The second kappa shape index (κ2) is 6.80. The summed E-state index contributed by atoms with van der Waals surface area (Å²) in [5.41, 5.74) is 1.46. The molecular formula is C18H27BrN2. The molecule has 0 spiro atoms. The first-order chi connectivity index (χ1) is 10.2. The molecule has 2 fully saturated rings. The van der Waals surface area contributed by atoms with Crippen LogP contribution in [0, 0.1) is 0 Å². The maximum absolute atomic E-state index is 3.77. The van der Waals surface area contributed by atoms with Crippen molar-refractivity contribution in [3.8, 4) is 0 Å². The van der Waals surface area contributed by atoms with Crippen molar-refractivity contribution < 1.29 is 0 Å². The van der Waals surface area contributed by atoms with Crippen molar-refractivity contribution in [2.75, 3.05) is 6.54 Å². The van der Waals surface area contributed by atoms with Crippen molar-refractivity contribution in [2.24, 2.45) is 0 Å². The third-order valence-electron chi connectivity index (χ3n) is 5.30. The Labute approximate surface area is 137 Å². The molecule has 2 bridgehead atoms. The molecule has 0 aromatic heterocycles. The van der Waals surface area contributed by atoms with E-state index in [-0.39, 0.29) is 0 Å². The van der Waals surface area contributed by atoms with Crippen molar-refractivity contribution in [3.05, 3.63) is 34.3 Å². The minimum Gasteiger partial charge on any atom is -0.311 e. The molecule has 2 nitrogen and oxygen atoms in total. The van der Waals surface area contributed by atoms with Crippen molar-refractivity contribution in [3.63, 3.8) is 0 Å². The van der Waals surface area contributed by atoms with Crippen LogP contribution in [0.1, 0.15) is 57.6 Å². The van der Waals surface area contributed by atoms with Gasteiger partial charge in [0.15, 0.2) is 0 Å². The number of benzene rings is 1. The van der Waals surface area contributed by atoms with Gasteiger partial charge in [-0.25, -0.2) is 0 Å². The van der Waals surface area contributed by atoms with E-state index in [1.165, 1.54) is 42.1 Å². The number of piperidine rings is 1. The largest absolute Gasteiger partial charge is 0.311 e. The van der Waals surface area contributed by atoms with Gasteiger partial charge in [0.25, 0.3) is 0 Å². The standard InChI is InChI=1S/C18H27BrN2/c1-3-18(13-6-5-7-14(19)10-13)21(4-2)17-11-15-8-9-16(12-17)20-15/h5-7,10,15-18,20H,3-4,8-9,11-12H2,1-2H3. The van der Waals surface area contributed by atoms with E-state index in [2.05, 4.69) is 64.3 Å². The van der Waals surface area contributed by atoms with Crippen molar-refractivity contribution in [1.82, 2.24) is 10.2 Å². The van der Waals surface area contributed by atoms with Crippen LogP contribution in [0.5, 0.6) is 0 Å². The molecule has 1 aromatic rings. The summed E-state index contributed by atoms with van der Waals surface area (Å²) in [6.07, 6.45) is 6.60. The Morgan fingerprint density at radius 2 is 1.95 bits per heavy atom. The van der Waals surface area contributed by atoms with Crippen LogP contribution in [0.15, 0.2) is 28.7 Å². The van der Waals surface area contributed by atoms with Gasteiger partial charge in [0, 0.05) is 28.6 Å². The van der Waals surface area contributed by atoms with Crippen molar-refractivity contribution in [2.45, 2.75) is 70.1 Å². The SMILES string of the molecule is CCC(c1cccc(Br)c1)N(CC)C1CC2CCC(C1)N2. The lowest BCUT2D eigenvalue weighted by Gasteiger charge is -2.41. The van der Waals surface area contributed by atoms with E-state index in [9.17, 15) is 0 Å². The summed E-state index contributed by atoms with van der Waals surface area (Å²) in [5, 5.41) is 3.77. The van der Waals surface area contributed by atoms with Crippen LogP contribution in [0.2, 0.25) is 0 Å². The number of nitrogens with one attached hydrogen (secondary N) is 1. The first-order valence-corrected chi connectivity index (χ1v) is 9.27. The maximum Gasteiger partial charge on any atom is 0.0348 e. The maximum atomic E-state index is 3.77. The number of fused-ring (bicyclic) bond motifs is 2. The number of hydrogen-bond acceptors (Lipinski definition) is 2. The smallest absolute Gasteiger partial charge is 0.0348 e. The average Bonchev–Trinajstić information content (AvgIpc) is 2.83. The molecule has 2 saturated heterocycles. The third-order valence-corrected chi connectivity index (χ3v) is 5.80. The van der Waals surface area contributed by atoms with E-state index in [1.54, 1.807) is 0 Å². The van der Waals surface area contributed by atoms with E-state index in [0.29, 0.717) is 6.04 Å². The number of rotatable bonds is 5. The fraction of sp³-hybridized carbons (Fsp3) is 0.667. The number of hydrogen-bond donors (Lipinski definition) is 1. The number of halogens is 1. The second-order valence-corrected chi connectivity index (χ2v) is 7.49. The summed E-state index contributed by atoms with van der Waals surface area (Å²) in [6.45, 7) is 5.80. The van der Waals surface area contributed by atoms with Gasteiger partial charge in [-0.3, -0.25) is 4.90 Å². The van der Waals surface area contributed by atoms with Crippen LogP contribution in [0.3, 0.4) is 0 Å². The lowest BCUT2D eigenvalue weighted by atomic mass is 9.93. The predicted molar refractivity (Wildman–Crippen MR) is 92.5 cm³/mol. The molecule has 116 valence electrons. The molecule has 0 amide bonds. The summed E-state index contributed by atoms with van der Waals surface area (Å²) in [5.74, 6) is 0. The van der Waals surface area contributed by atoms with E-state index in [1.807, 2.05) is 0 Å². The van der Waals surface area contributed by atoms with Gasteiger partial charge in [0.2, 0.25) is 0 Å². The lowest BCUT2D eigenvalue weighted by Crippen LogP contribution is -2.49. The van der Waals surface area contributed by atoms with Crippen molar-refractivity contribution in [1.29, 1.82) is 0 Å². The lowest BCUT2D eigenvalue weighted by molar-refractivity contribution is 0.0966. The molecule has 3 unspecified atom stereocenters. The van der Waals surface area contributed by atoms with Crippen molar-refractivity contribution >= 4 is 15.9 Å². The van der Waals surface area contributed by atoms with Gasteiger partial charge < -0.3 is 5.32 Å². The van der Waals surface area contributed by atoms with Crippen LogP contribution in [-0.2, 0) is 0 Å². The Bertz CT molecular complexity index is 464. The molecule has 3 rings (SSSR count). The van der Waals surface area contributed by atoms with Crippen LogP contribution >= 0.6 is 15.9 Å². The molecule has 0 radical (unpaired) electrons. The monoisotopic (exact) mass is 350 g/mol. The van der Waals surface area contributed by atoms with Gasteiger partial charge in [-0.1, -0.05) is 41.9 Å². The molecule has 2 heterocycles. The van der Waals surface area contributed by atoms with Gasteiger partial charge in [-0.15, -0.1) is 0 Å². The third kappa shape index (κ3) is 3.35. The zero-order chi connectivity index (χ0) is 14.8. The molecule has 0 aliphatic carbocycles. The van der Waals surface area contributed by atoms with E-state index >= 15 is 0 Å². The van der Waals surface area contributed by atoms with E-state index < -0.39 is 0 Å². The zero-order valence-electron chi connectivity index (χ0n) is 13.2. The molecule has 1 N–H and O–H groups in total. The predicted octanol–water partition coefficient (Wildman–Crippen LogP) is 4.51. The summed E-state index contributed by atoms with van der Waals surface area (Å²) in [7, 11) is 0. The van der Waals surface area contributed by atoms with Gasteiger partial charge in [-0.05, 0) is 56.3 Å². The Kier molecular flexibility index (Phi) is 5.03. The Morgan fingerprint density at radius 3 is 2.52 bits per heavy atom. The first kappa shape index (κ1) is 15.5. The molecule has 21 heavy (non-hydrogen) atoms. The van der Waals surface area contributed by atoms with Gasteiger partial charge in [0.1, 0.15) is 0 Å². The Morgan fingerprint density at radius 1 is 1.24 bits per heavy atom. The minimum absolute atomic E-state index is 0.551. The van der Waals surface area contributed by atoms with Crippen LogP contribution in [0.25, 0.3) is 0 Å². The van der Waals surface area contributed by atoms with Gasteiger partial charge in [0.05, 0.1) is 0 Å². The number of nitrogens with zero attached hydrogens (tertiary/aromatic N) is 1. The Hall–Kier alpha value is -0.380. The fourth-order valence-corrected chi connectivity index (χ4v) is 4.82. The topological polar surface area (TPSA) is 15.3 Å². The van der Waals surface area contributed by atoms with Crippen LogP contribution in [0.4, 0.5) is 0 Å². The quantitative estimate of drug-likeness (QED) is 0.840. The molecule has 0 saturated carbocycles. The van der Waals surface area contributed by atoms with Gasteiger partial charge >= 0.3 is 0 Å². The highest BCUT2D eigenvalue weighted by Crippen LogP contribution is 2.35. The molecule has 2 aliphatic rings. The highest BCUT2D eigenvalue weighted by atomic mass is 79.9. The van der Waals surface area contributed by atoms with Crippen LogP contribution in [-0.4, -0.2) is 29.6 Å². The molecule has 2 aliphatic heterocycles. The average molecular weight is 351 g/mol. The molecular weight excluding hydrogens is 324 g/mol. The van der Waals surface area contributed by atoms with E-state index in [0.717, 1.165) is 24.7 Å². The normalized spacial score (nSPS) is 29.8. The minimum atomic E-state index is 0.551. The molecule has 1 aromatic carbocycles. The second-order valence-electron chi connectivity index (χ2n) is 6.57. The highest BCUT2D eigenvalue weighted by molar-refractivity contribution is 9.10. The summed E-state index contributed by atoms with van der Waals surface area (Å²) in [6, 6.07) is 11.7. The molecule has 3 heteroatoms. The molecule has 3 atom stereocenters. The summed E-state index contributed by atoms with van der Waals surface area (Å²) in [4.78, 5) is 2.76. The summed E-state index contributed by atoms with van der Waals surface area (Å²) < 4.78 is 1.19. The zero-order valence-corrected chi connectivity index (χ0v) is 14.8. The Balaban J connectivity index is 1.80. The first-order valence-electron chi connectivity index (χ1n) is 8.48. The summed E-state index contributed by atoms with van der Waals surface area (Å²) >= 11 is 3.63. The van der Waals surface area contributed by atoms with Gasteiger partial charge in [-0.2, -0.15) is 0 Å². The van der Waals surface area contributed by atoms with Crippen LogP contribution < -0.4 is 5.32 Å². The fourth-order valence-electron chi connectivity index (χ4n) is 4.41. The van der Waals surface area contributed by atoms with E-state index in [4.69, 9.17) is 0 Å². The highest BCUT2D eigenvalue weighted by Gasteiger charge is 2.37.